The van der Waals surface area contributed by atoms with Crippen LogP contribution >= 0.6 is 11.3 Å². The summed E-state index contributed by atoms with van der Waals surface area (Å²) in [4.78, 5) is 31.2. The summed E-state index contributed by atoms with van der Waals surface area (Å²) in [6.45, 7) is 11.3. The minimum atomic E-state index is -1.06. The molecule has 0 saturated carbocycles. The molecule has 1 amide bonds. The number of nitrogens with one attached hydrogen (secondary N) is 1. The fourth-order valence-corrected chi connectivity index (χ4v) is 5.97. The minimum absolute atomic E-state index is 0.0710. The summed E-state index contributed by atoms with van der Waals surface area (Å²) in [5, 5.41) is 12.5. The predicted octanol–water partition coefficient (Wildman–Crippen LogP) is 8.86. The van der Waals surface area contributed by atoms with E-state index in [1.165, 1.54) is 37.0 Å². The number of carboxylic acid groups (broad SMARTS) is 1. The van der Waals surface area contributed by atoms with Crippen LogP contribution in [0.5, 0.6) is 5.75 Å². The maximum absolute atomic E-state index is 12.8. The zero-order valence-electron chi connectivity index (χ0n) is 26.5. The molecule has 0 radical (unpaired) electrons. The van der Waals surface area contributed by atoms with Crippen LogP contribution in [0.3, 0.4) is 0 Å². The van der Waals surface area contributed by atoms with Crippen LogP contribution in [0.15, 0.2) is 72.9 Å². The maximum Gasteiger partial charge on any atom is 0.326 e. The monoisotopic (exact) mass is 612 g/mol. The Kier molecular flexibility index (Phi) is 11.3. The number of thiophene rings is 1. The number of amides is 1. The van der Waals surface area contributed by atoms with Crippen molar-refractivity contribution in [1.29, 1.82) is 0 Å². The molecule has 0 aliphatic heterocycles. The van der Waals surface area contributed by atoms with E-state index in [-0.39, 0.29) is 17.7 Å². The number of benzene rings is 2. The van der Waals surface area contributed by atoms with Crippen LogP contribution in [0.1, 0.15) is 85.5 Å². The van der Waals surface area contributed by atoms with Crippen molar-refractivity contribution in [2.75, 3.05) is 6.61 Å². The smallest absolute Gasteiger partial charge is 0.326 e. The molecule has 0 fully saturated rings. The van der Waals surface area contributed by atoms with Gasteiger partial charge in [0.1, 0.15) is 11.8 Å². The van der Waals surface area contributed by atoms with Crippen LogP contribution < -0.4 is 10.1 Å². The fourth-order valence-electron chi connectivity index (χ4n) is 5.00. The van der Waals surface area contributed by atoms with Crippen molar-refractivity contribution >= 4 is 23.2 Å². The topological polar surface area (TPSA) is 88.5 Å². The van der Waals surface area contributed by atoms with Crippen molar-refractivity contribution < 1.29 is 19.4 Å². The van der Waals surface area contributed by atoms with Gasteiger partial charge in [0.2, 0.25) is 0 Å². The molecule has 0 bridgehead atoms. The Labute approximate surface area is 265 Å². The number of hydrogen-bond acceptors (Lipinski definition) is 5. The number of carbonyl (C=O) groups excluding carboxylic acids is 1. The average Bonchev–Trinajstić information content (AvgIpc) is 3.51. The van der Waals surface area contributed by atoms with Gasteiger partial charge in [0, 0.05) is 28.6 Å². The molecule has 232 valence electrons. The molecule has 1 atom stereocenters. The highest BCUT2D eigenvalue weighted by atomic mass is 32.1. The normalized spacial score (nSPS) is 12.1. The van der Waals surface area contributed by atoms with Gasteiger partial charge in [-0.05, 0) is 65.8 Å². The van der Waals surface area contributed by atoms with Crippen LogP contribution in [0.25, 0.3) is 22.4 Å². The number of carboxylic acids is 1. The first kappa shape index (κ1) is 32.9. The van der Waals surface area contributed by atoms with Crippen LogP contribution in [0, 0.1) is 6.92 Å². The largest absolute Gasteiger partial charge is 0.494 e. The molecule has 0 aliphatic rings. The molecule has 2 aromatic heterocycles. The Morgan fingerprint density at radius 3 is 2.20 bits per heavy atom. The number of nitrogens with zero attached hydrogens (tertiary/aromatic N) is 1. The minimum Gasteiger partial charge on any atom is -0.494 e. The van der Waals surface area contributed by atoms with E-state index in [1.807, 2.05) is 55.6 Å². The second-order valence-electron chi connectivity index (χ2n) is 12.4. The molecular weight excluding hydrogens is 568 g/mol. The van der Waals surface area contributed by atoms with E-state index >= 15 is 0 Å². The highest BCUT2D eigenvalue weighted by Gasteiger charge is 2.24. The number of pyridine rings is 1. The number of aryl methyl sites for hydroxylation is 1. The van der Waals surface area contributed by atoms with Gasteiger partial charge in [-0.2, -0.15) is 0 Å². The summed E-state index contributed by atoms with van der Waals surface area (Å²) in [5.74, 6) is -0.545. The van der Waals surface area contributed by atoms with Gasteiger partial charge in [0.25, 0.3) is 5.91 Å². The zero-order chi connectivity index (χ0) is 31.7. The van der Waals surface area contributed by atoms with Gasteiger partial charge in [-0.25, -0.2) is 4.79 Å². The predicted molar refractivity (Wildman–Crippen MR) is 180 cm³/mol. The van der Waals surface area contributed by atoms with Gasteiger partial charge in [-0.15, -0.1) is 11.3 Å². The second-order valence-corrected chi connectivity index (χ2v) is 13.4. The lowest BCUT2D eigenvalue weighted by Crippen LogP contribution is -2.42. The van der Waals surface area contributed by atoms with E-state index in [4.69, 9.17) is 9.72 Å². The Hall–Kier alpha value is -3.97. The molecule has 7 heteroatoms. The van der Waals surface area contributed by atoms with Crippen LogP contribution in [0.2, 0.25) is 0 Å². The molecule has 0 aliphatic carbocycles. The van der Waals surface area contributed by atoms with Crippen LogP contribution in [0.4, 0.5) is 0 Å². The van der Waals surface area contributed by atoms with E-state index in [2.05, 4.69) is 51.2 Å². The molecule has 0 spiro atoms. The SMILES string of the molecule is CCCCCCCOc1ccc(-c2cnc(-c3ccc(C[C@H](NC(=O)c4ccc(C(C)(C)C)s4)C(=O)O)cc3)c(C)c2)cc1. The summed E-state index contributed by atoms with van der Waals surface area (Å²) < 4.78 is 5.91. The summed E-state index contributed by atoms with van der Waals surface area (Å²) >= 11 is 1.40. The maximum atomic E-state index is 12.8. The molecule has 0 unspecified atom stereocenters. The Balaban J connectivity index is 1.36. The number of ether oxygens (including phenoxy) is 1. The molecule has 44 heavy (non-hydrogen) atoms. The first-order chi connectivity index (χ1) is 21.0. The van der Waals surface area contributed by atoms with Crippen LogP contribution in [-0.4, -0.2) is 34.6 Å². The van der Waals surface area contributed by atoms with Gasteiger partial charge in [0.15, 0.2) is 0 Å². The van der Waals surface area contributed by atoms with E-state index in [9.17, 15) is 14.7 Å². The average molecular weight is 613 g/mol. The molecule has 4 aromatic rings. The standard InChI is InChI=1S/C37H44N2O4S/c1-6-7-8-9-10-21-43-30-17-15-27(16-18-30)29-22-25(2)34(38-24-29)28-13-11-26(12-14-28)23-31(36(41)42)39-35(40)32-19-20-33(44-32)37(3,4)5/h11-20,22,24,31H,6-10,21,23H2,1-5H3,(H,39,40)(H,41,42)/t31-/m0/s1. The van der Waals surface area contributed by atoms with E-state index in [0.717, 1.165) is 57.2 Å². The fraction of sp³-hybridized carbons (Fsp3) is 0.378. The number of rotatable bonds is 14. The molecule has 2 heterocycles. The first-order valence-corrected chi connectivity index (χ1v) is 16.3. The number of unbranched alkanes of at least 4 members (excludes halogenated alkanes) is 4. The Morgan fingerprint density at radius 2 is 1.59 bits per heavy atom. The molecule has 0 saturated heterocycles. The molecule has 2 aromatic carbocycles. The summed E-state index contributed by atoms with van der Waals surface area (Å²) in [6.07, 6.45) is 8.16. The molecule has 6 nitrogen and oxygen atoms in total. The number of hydrogen-bond donors (Lipinski definition) is 2. The summed E-state index contributed by atoms with van der Waals surface area (Å²) in [7, 11) is 0. The first-order valence-electron chi connectivity index (χ1n) is 15.5. The number of carbonyl (C=O) groups is 2. The molecule has 2 N–H and O–H groups in total. The number of aliphatic carboxylic acids is 1. The van der Waals surface area contributed by atoms with Crippen molar-refractivity contribution in [1.82, 2.24) is 10.3 Å². The van der Waals surface area contributed by atoms with E-state index in [1.54, 1.807) is 6.07 Å². The van der Waals surface area contributed by atoms with Gasteiger partial charge in [-0.1, -0.05) is 89.8 Å². The van der Waals surface area contributed by atoms with Crippen molar-refractivity contribution in [2.45, 2.75) is 84.6 Å². The lowest BCUT2D eigenvalue weighted by atomic mass is 9.95. The number of aromatic nitrogens is 1. The summed E-state index contributed by atoms with van der Waals surface area (Å²) in [5.41, 5.74) is 5.73. The van der Waals surface area contributed by atoms with Crippen molar-refractivity contribution in [3.8, 4) is 28.1 Å². The quantitative estimate of drug-likeness (QED) is 0.139. The van der Waals surface area contributed by atoms with Crippen molar-refractivity contribution in [3.63, 3.8) is 0 Å². The van der Waals surface area contributed by atoms with Gasteiger partial charge in [0.05, 0.1) is 17.2 Å². The molecular formula is C37H44N2O4S. The summed E-state index contributed by atoms with van der Waals surface area (Å²) in [6, 6.07) is 20.7. The van der Waals surface area contributed by atoms with Gasteiger partial charge >= 0.3 is 5.97 Å². The van der Waals surface area contributed by atoms with Crippen LogP contribution in [-0.2, 0) is 16.6 Å². The Morgan fingerprint density at radius 1 is 0.909 bits per heavy atom. The van der Waals surface area contributed by atoms with Gasteiger partial charge < -0.3 is 15.2 Å². The lowest BCUT2D eigenvalue weighted by Gasteiger charge is -2.16. The van der Waals surface area contributed by atoms with Gasteiger partial charge in [-0.3, -0.25) is 9.78 Å². The third-order valence-electron chi connectivity index (χ3n) is 7.62. The highest BCUT2D eigenvalue weighted by Crippen LogP contribution is 2.30. The third kappa shape index (κ3) is 9.02. The van der Waals surface area contributed by atoms with E-state index in [0.29, 0.717) is 4.88 Å². The second kappa shape index (κ2) is 15.2. The Bertz CT molecular complexity index is 1540. The van der Waals surface area contributed by atoms with E-state index < -0.39 is 12.0 Å². The highest BCUT2D eigenvalue weighted by molar-refractivity contribution is 7.14. The third-order valence-corrected chi connectivity index (χ3v) is 9.13. The zero-order valence-corrected chi connectivity index (χ0v) is 27.3. The van der Waals surface area contributed by atoms with Crippen molar-refractivity contribution in [2.24, 2.45) is 0 Å². The lowest BCUT2D eigenvalue weighted by molar-refractivity contribution is -0.139. The van der Waals surface area contributed by atoms with Crippen molar-refractivity contribution in [3.05, 3.63) is 93.8 Å². The molecule has 4 rings (SSSR count).